The van der Waals surface area contributed by atoms with E-state index in [9.17, 15) is 43.5 Å². The second-order valence-electron chi connectivity index (χ2n) is 20.8. The molecule has 4 N–H and O–H groups in total. The minimum atomic E-state index is -4.93. The van der Waals surface area contributed by atoms with Gasteiger partial charge in [0.25, 0.3) is 0 Å². The number of ether oxygens (including phenoxy) is 3. The maximum Gasteiger partial charge on any atom is 0.472 e. The van der Waals surface area contributed by atoms with Gasteiger partial charge in [-0.25, -0.2) is 9.13 Å². The van der Waals surface area contributed by atoms with Crippen LogP contribution in [0.4, 0.5) is 0 Å². The minimum absolute atomic E-state index is 0.0820. The van der Waals surface area contributed by atoms with Crippen LogP contribution in [0.5, 0.6) is 0 Å². The number of unbranched alkanes of at least 4 members (excludes halogenated alkanes) is 16. The van der Waals surface area contributed by atoms with E-state index in [1.54, 1.807) is 0 Å². The molecule has 16 nitrogen and oxygen atoms in total. The molecular weight excluding hydrogens is 1120 g/mol. The molecule has 0 aromatic rings. The predicted molar refractivity (Wildman–Crippen MR) is 343 cm³/mol. The highest BCUT2D eigenvalue weighted by atomic mass is 31.2. The van der Waals surface area contributed by atoms with Gasteiger partial charge in [-0.1, -0.05) is 206 Å². The zero-order valence-corrected chi connectivity index (χ0v) is 54.0. The molecule has 0 fully saturated rings. The van der Waals surface area contributed by atoms with E-state index < -0.39 is 91.5 Å². The van der Waals surface area contributed by atoms with Gasteiger partial charge in [0.2, 0.25) is 0 Å². The number of phosphoric acid groups is 2. The van der Waals surface area contributed by atoms with E-state index in [-0.39, 0.29) is 19.3 Å². The second-order valence-corrected chi connectivity index (χ2v) is 23.7. The van der Waals surface area contributed by atoms with Crippen LogP contribution in [-0.4, -0.2) is 95.9 Å². The lowest BCUT2D eigenvalue weighted by Gasteiger charge is -2.21. The summed E-state index contributed by atoms with van der Waals surface area (Å²) < 4.78 is 60.6. The average Bonchev–Trinajstić information content (AvgIpc) is 3.51. The largest absolute Gasteiger partial charge is 0.472 e. The topological polar surface area (TPSA) is 231 Å². The molecule has 0 rings (SSSR count). The molecule has 0 aliphatic heterocycles. The molecule has 0 spiro atoms. The Morgan fingerprint density at radius 2 is 0.624 bits per heavy atom. The zero-order valence-electron chi connectivity index (χ0n) is 52.2. The second kappa shape index (κ2) is 60.2. The van der Waals surface area contributed by atoms with Gasteiger partial charge >= 0.3 is 33.6 Å². The molecule has 5 atom stereocenters. The molecule has 0 aromatic heterocycles. The molecule has 18 heteroatoms. The summed E-state index contributed by atoms with van der Waals surface area (Å²) in [5, 5.41) is 20.5. The molecule has 0 aliphatic carbocycles. The number of esters is 3. The zero-order chi connectivity index (χ0) is 62.4. The first-order valence-corrected chi connectivity index (χ1v) is 34.8. The van der Waals surface area contributed by atoms with Gasteiger partial charge in [-0.15, -0.1) is 0 Å². The van der Waals surface area contributed by atoms with E-state index in [1.165, 1.54) is 0 Å². The molecule has 486 valence electrons. The van der Waals surface area contributed by atoms with Gasteiger partial charge in [0, 0.05) is 19.3 Å². The van der Waals surface area contributed by atoms with Crippen molar-refractivity contribution in [2.24, 2.45) is 0 Å². The Morgan fingerprint density at radius 3 is 0.988 bits per heavy atom. The number of carbonyl (C=O) groups excluding carboxylic acids is 3. The molecule has 0 amide bonds. The van der Waals surface area contributed by atoms with Crippen molar-refractivity contribution in [2.45, 2.75) is 245 Å². The number of hydrogen-bond donors (Lipinski definition) is 4. The minimum Gasteiger partial charge on any atom is -0.463 e. The fourth-order valence-electron chi connectivity index (χ4n) is 7.76. The summed E-state index contributed by atoms with van der Waals surface area (Å²) in [6.07, 6.45) is 66.9. The SMILES string of the molecule is CC/C=C\C/C=C\C/C=C\C/C=C\C/C=C\C/C=C\CCCCCCC(=O)OCC(O)COP(=O)(O)OCC(O)COP(=O)(O)OCC(COC(=O)CCCCCCC/C=C\C/C=C\CCC)OC(=O)CCCCCCC/C=C\C/C=C\CCC. The summed E-state index contributed by atoms with van der Waals surface area (Å²) in [5.41, 5.74) is 0. The quantitative estimate of drug-likeness (QED) is 0.0146. The Kier molecular flexibility index (Phi) is 57.4. The molecule has 0 saturated carbocycles. The van der Waals surface area contributed by atoms with Crippen molar-refractivity contribution in [1.82, 2.24) is 0 Å². The van der Waals surface area contributed by atoms with Gasteiger partial charge in [-0.05, 0) is 122 Å². The lowest BCUT2D eigenvalue weighted by molar-refractivity contribution is -0.161. The van der Waals surface area contributed by atoms with Crippen molar-refractivity contribution < 1.29 is 75.8 Å². The van der Waals surface area contributed by atoms with E-state index in [4.69, 9.17) is 32.3 Å². The van der Waals surface area contributed by atoms with Crippen LogP contribution in [0, 0.1) is 0 Å². The van der Waals surface area contributed by atoms with Gasteiger partial charge in [0.05, 0.1) is 26.4 Å². The van der Waals surface area contributed by atoms with Crippen LogP contribution in [0.15, 0.2) is 122 Å². The van der Waals surface area contributed by atoms with Gasteiger partial charge in [0.1, 0.15) is 25.4 Å². The fourth-order valence-corrected chi connectivity index (χ4v) is 9.35. The highest BCUT2D eigenvalue weighted by Crippen LogP contribution is 2.45. The van der Waals surface area contributed by atoms with Crippen LogP contribution < -0.4 is 0 Å². The van der Waals surface area contributed by atoms with Crippen LogP contribution in [0.2, 0.25) is 0 Å². The number of allylic oxidation sites excluding steroid dienone is 20. The summed E-state index contributed by atoms with van der Waals surface area (Å²) >= 11 is 0. The van der Waals surface area contributed by atoms with Gasteiger partial charge in [-0.3, -0.25) is 32.5 Å². The smallest absolute Gasteiger partial charge is 0.463 e. The van der Waals surface area contributed by atoms with E-state index in [2.05, 4.69) is 142 Å². The van der Waals surface area contributed by atoms with Gasteiger partial charge in [-0.2, -0.15) is 0 Å². The molecule has 0 saturated heterocycles. The van der Waals surface area contributed by atoms with E-state index in [0.29, 0.717) is 19.3 Å². The third kappa shape index (κ3) is 61.4. The third-order valence-electron chi connectivity index (χ3n) is 12.6. The third-order valence-corrected chi connectivity index (χ3v) is 14.5. The maximum atomic E-state index is 12.8. The Balaban J connectivity index is 4.62. The van der Waals surface area contributed by atoms with Crippen LogP contribution >= 0.6 is 15.6 Å². The highest BCUT2D eigenvalue weighted by Gasteiger charge is 2.29. The molecule has 0 radical (unpaired) electrons. The molecule has 0 bridgehead atoms. The molecule has 0 heterocycles. The van der Waals surface area contributed by atoms with E-state index >= 15 is 0 Å². The van der Waals surface area contributed by atoms with Crippen LogP contribution in [0.1, 0.15) is 226 Å². The molecule has 85 heavy (non-hydrogen) atoms. The predicted octanol–water partition coefficient (Wildman–Crippen LogP) is 17.1. The molecule has 0 aliphatic rings. The number of aliphatic hydroxyl groups excluding tert-OH is 2. The number of aliphatic hydroxyl groups is 2. The summed E-state index contributed by atoms with van der Waals surface area (Å²) in [4.78, 5) is 58.1. The van der Waals surface area contributed by atoms with E-state index in [0.717, 1.165) is 167 Å². The lowest BCUT2D eigenvalue weighted by atomic mass is 10.1. The van der Waals surface area contributed by atoms with Crippen molar-refractivity contribution >= 4 is 33.6 Å². The summed E-state index contributed by atoms with van der Waals surface area (Å²) in [6, 6.07) is 0. The standard InChI is InChI=1S/C67H112O16P2/c1-4-7-10-13-16-19-22-25-26-27-28-29-30-31-32-33-34-37-39-41-44-47-50-53-65(70)77-56-62(68)57-79-84(73,74)80-58-63(69)59-81-85(75,76)82-61-64(83-67(72)55-52-49-46-43-40-36-24-21-18-15-12-9-6-3)60-78-66(71)54-51-48-45-42-38-35-23-20-17-14-11-8-5-2/h7,10-12,14-16,19-21,23-26,28-29,31-32,34,37,62-64,68-69H,4-6,8-9,13,17-18,22,27,30,33,35-36,38-61H2,1-3H3,(H,73,74)(H,75,76)/b10-7-,14-11-,15-12-,19-16-,23-20-,24-21-,26-25-,29-28-,32-31-,37-34-. The van der Waals surface area contributed by atoms with Gasteiger partial charge < -0.3 is 34.2 Å². The first kappa shape index (κ1) is 81.0. The monoisotopic (exact) mass is 1230 g/mol. The van der Waals surface area contributed by atoms with Crippen LogP contribution in [0.3, 0.4) is 0 Å². The first-order chi connectivity index (χ1) is 41.2. The Bertz CT molecular complexity index is 2040. The molecule has 5 unspecified atom stereocenters. The van der Waals surface area contributed by atoms with Crippen molar-refractivity contribution in [3.8, 4) is 0 Å². The van der Waals surface area contributed by atoms with Crippen LogP contribution in [-0.2, 0) is 55.8 Å². The van der Waals surface area contributed by atoms with Crippen molar-refractivity contribution in [3.63, 3.8) is 0 Å². The summed E-state index contributed by atoms with van der Waals surface area (Å²) in [5.74, 6) is -1.64. The van der Waals surface area contributed by atoms with Crippen molar-refractivity contribution in [1.29, 1.82) is 0 Å². The van der Waals surface area contributed by atoms with Gasteiger partial charge in [0.15, 0.2) is 6.10 Å². The molecular formula is C67H112O16P2. The number of rotatable bonds is 59. The Morgan fingerprint density at radius 1 is 0.341 bits per heavy atom. The van der Waals surface area contributed by atoms with Crippen molar-refractivity contribution in [2.75, 3.05) is 39.6 Å². The lowest BCUT2D eigenvalue weighted by Crippen LogP contribution is -2.30. The normalized spacial score (nSPS) is 15.1. The Labute approximate surface area is 512 Å². The number of phosphoric ester groups is 2. The van der Waals surface area contributed by atoms with E-state index in [1.807, 2.05) is 0 Å². The highest BCUT2D eigenvalue weighted by molar-refractivity contribution is 7.47. The maximum absolute atomic E-state index is 12.8. The Hall–Kier alpha value is -4.05. The molecule has 0 aromatic carbocycles. The van der Waals surface area contributed by atoms with Crippen molar-refractivity contribution in [3.05, 3.63) is 122 Å². The number of hydrogen-bond acceptors (Lipinski definition) is 14. The summed E-state index contributed by atoms with van der Waals surface area (Å²) in [6.45, 7) is 2.32. The number of carbonyl (C=O) groups is 3. The average molecular weight is 1240 g/mol. The van der Waals surface area contributed by atoms with Crippen LogP contribution in [0.25, 0.3) is 0 Å². The fraction of sp³-hybridized carbons (Fsp3) is 0.657. The summed E-state index contributed by atoms with van der Waals surface area (Å²) in [7, 11) is -9.79. The first-order valence-electron chi connectivity index (χ1n) is 31.8.